The topological polar surface area (TPSA) is 146 Å². The fraction of sp³-hybridized carbons (Fsp3) is 0.156. The highest BCUT2D eigenvalue weighted by Crippen LogP contribution is 2.41. The molecule has 4 N–H and O–H groups in total. The minimum atomic E-state index is -3.87. The predicted octanol–water partition coefficient (Wildman–Crippen LogP) is 5.60. The number of halogens is 1. The van der Waals surface area contributed by atoms with Gasteiger partial charge in [0.15, 0.2) is 5.75 Å². The molecule has 1 amide bonds. The normalized spacial score (nSPS) is 12.5. The Kier molecular flexibility index (Phi) is 8.35. The molecule has 6 aromatic rings. The van der Waals surface area contributed by atoms with E-state index in [1.54, 1.807) is 12.6 Å². The summed E-state index contributed by atoms with van der Waals surface area (Å²) < 4.78 is 31.4. The summed E-state index contributed by atoms with van der Waals surface area (Å²) in [6.07, 6.45) is 0.285. The average Bonchev–Trinajstić information content (AvgIpc) is 3.64. The summed E-state index contributed by atoms with van der Waals surface area (Å²) >= 11 is 4.82. The van der Waals surface area contributed by atoms with E-state index in [-0.39, 0.29) is 40.6 Å². The van der Waals surface area contributed by atoms with Crippen molar-refractivity contribution in [1.82, 2.24) is 19.3 Å². The molecule has 0 aliphatic rings. The van der Waals surface area contributed by atoms with Gasteiger partial charge in [0.05, 0.1) is 21.9 Å². The second-order valence-electron chi connectivity index (χ2n) is 10.5. The highest BCUT2D eigenvalue weighted by molar-refractivity contribution is 9.10. The zero-order chi connectivity index (χ0) is 31.9. The summed E-state index contributed by atoms with van der Waals surface area (Å²) in [5, 5.41) is 15.0. The second-order valence-corrected chi connectivity index (χ2v) is 14.1. The Labute approximate surface area is 270 Å². The molecular formula is C32H28BrN5O5S2. The summed E-state index contributed by atoms with van der Waals surface area (Å²) in [4.78, 5) is 33.7. The van der Waals surface area contributed by atoms with Crippen LogP contribution in [0.5, 0.6) is 5.75 Å². The number of aromatic hydroxyl groups is 1. The fourth-order valence-corrected chi connectivity index (χ4v) is 7.83. The summed E-state index contributed by atoms with van der Waals surface area (Å²) in [6, 6.07) is 21.1. The number of para-hydroxylation sites is 1. The van der Waals surface area contributed by atoms with Gasteiger partial charge in [-0.1, -0.05) is 46.3 Å². The van der Waals surface area contributed by atoms with Crippen molar-refractivity contribution in [3.63, 3.8) is 0 Å². The number of aromatic nitrogens is 3. The number of rotatable bonds is 9. The number of carbonyl (C=O) groups is 1. The molecule has 0 spiro atoms. The Balaban J connectivity index is 1.44. The third-order valence-electron chi connectivity index (χ3n) is 7.63. The van der Waals surface area contributed by atoms with Gasteiger partial charge < -0.3 is 20.0 Å². The number of H-pyrrole nitrogens is 1. The van der Waals surface area contributed by atoms with Crippen LogP contribution in [0.15, 0.2) is 92.5 Å². The molecule has 0 saturated carbocycles. The van der Waals surface area contributed by atoms with Crippen molar-refractivity contribution < 1.29 is 18.3 Å². The molecule has 0 radical (unpaired) electrons. The molecule has 10 nitrogen and oxygen atoms in total. The van der Waals surface area contributed by atoms with Gasteiger partial charge in [0.1, 0.15) is 10.3 Å². The van der Waals surface area contributed by atoms with Crippen LogP contribution in [0.2, 0.25) is 0 Å². The third-order valence-corrected chi connectivity index (χ3v) is 10.5. The standard InChI is InChI=1S/C32H28BrN5O5S2/c1-18(39)36-21-10-12-22(13-11-21)45(42,43)35-15-14-24-23-8-3-4-9-25(23)37-28(24)26(19-6-5-7-20(33)16-19)27-30(40)29-32(44-17-34-29)38(2)31(27)41/h3-13,16-17,26,35,37,40H,14-15H2,1-2H3,(H,36,39). The lowest BCUT2D eigenvalue weighted by molar-refractivity contribution is -0.114. The summed E-state index contributed by atoms with van der Waals surface area (Å²) in [7, 11) is -2.21. The number of hydrogen-bond donors (Lipinski definition) is 4. The number of fused-ring (bicyclic) bond motifs is 2. The molecular weight excluding hydrogens is 678 g/mol. The molecule has 0 fully saturated rings. The molecule has 0 bridgehead atoms. The molecule has 0 aliphatic carbocycles. The molecule has 230 valence electrons. The van der Waals surface area contributed by atoms with Crippen molar-refractivity contribution in [2.45, 2.75) is 24.2 Å². The van der Waals surface area contributed by atoms with E-state index in [1.807, 2.05) is 48.5 Å². The third kappa shape index (κ3) is 5.91. The number of aromatic amines is 1. The van der Waals surface area contributed by atoms with E-state index < -0.39 is 15.9 Å². The summed E-state index contributed by atoms with van der Waals surface area (Å²) in [6.45, 7) is 1.44. The first-order chi connectivity index (χ1) is 21.5. The number of aryl methyl sites for hydroxylation is 1. The molecule has 3 heterocycles. The van der Waals surface area contributed by atoms with Gasteiger partial charge in [-0.05, 0) is 60.0 Å². The van der Waals surface area contributed by atoms with E-state index in [0.717, 1.165) is 26.5 Å². The van der Waals surface area contributed by atoms with Crippen molar-refractivity contribution >= 4 is 70.1 Å². The average molecular weight is 707 g/mol. The van der Waals surface area contributed by atoms with Crippen molar-refractivity contribution in [2.24, 2.45) is 7.05 Å². The number of nitrogens with zero attached hydrogens (tertiary/aromatic N) is 2. The Hall–Kier alpha value is -4.30. The van der Waals surface area contributed by atoms with E-state index in [4.69, 9.17) is 0 Å². The van der Waals surface area contributed by atoms with Crippen LogP contribution in [0.25, 0.3) is 21.3 Å². The smallest absolute Gasteiger partial charge is 0.259 e. The van der Waals surface area contributed by atoms with Crippen LogP contribution in [0, 0.1) is 0 Å². The van der Waals surface area contributed by atoms with Gasteiger partial charge in [-0.15, -0.1) is 11.3 Å². The van der Waals surface area contributed by atoms with Crippen LogP contribution >= 0.6 is 27.3 Å². The molecule has 3 aromatic heterocycles. The van der Waals surface area contributed by atoms with E-state index in [2.05, 4.69) is 35.9 Å². The fourth-order valence-electron chi connectivity index (χ4n) is 5.62. The minimum absolute atomic E-state index is 0.0605. The van der Waals surface area contributed by atoms with Crippen LogP contribution in [0.1, 0.15) is 35.2 Å². The molecule has 6 rings (SSSR count). The number of thiazole rings is 1. The molecule has 1 atom stereocenters. The van der Waals surface area contributed by atoms with Crippen LogP contribution in [-0.2, 0) is 28.3 Å². The van der Waals surface area contributed by atoms with Gasteiger partial charge in [0, 0.05) is 47.3 Å². The summed E-state index contributed by atoms with van der Waals surface area (Å²) in [5.74, 6) is -1.17. The number of benzene rings is 3. The van der Waals surface area contributed by atoms with Crippen LogP contribution in [0.4, 0.5) is 5.69 Å². The Morgan fingerprint density at radius 1 is 1.11 bits per heavy atom. The van der Waals surface area contributed by atoms with E-state index >= 15 is 0 Å². The van der Waals surface area contributed by atoms with E-state index in [0.29, 0.717) is 21.7 Å². The van der Waals surface area contributed by atoms with Gasteiger partial charge in [-0.2, -0.15) is 0 Å². The van der Waals surface area contributed by atoms with E-state index in [1.165, 1.54) is 47.1 Å². The van der Waals surface area contributed by atoms with Gasteiger partial charge >= 0.3 is 0 Å². The quantitative estimate of drug-likeness (QED) is 0.154. The zero-order valence-electron chi connectivity index (χ0n) is 24.2. The Bertz CT molecular complexity index is 2240. The second kappa shape index (κ2) is 12.2. The Morgan fingerprint density at radius 3 is 2.60 bits per heavy atom. The van der Waals surface area contributed by atoms with Crippen molar-refractivity contribution in [3.8, 4) is 5.75 Å². The molecule has 0 aliphatic heterocycles. The highest BCUT2D eigenvalue weighted by atomic mass is 79.9. The SMILES string of the molecule is CC(=O)Nc1ccc(S(=O)(=O)NCCc2c(C(c3cccc(Br)c3)c3c(O)c4ncsc4n(C)c3=O)[nH]c3ccccc23)cc1. The monoisotopic (exact) mass is 705 g/mol. The number of sulfonamides is 1. The molecule has 0 saturated heterocycles. The zero-order valence-corrected chi connectivity index (χ0v) is 27.4. The first kappa shape index (κ1) is 30.7. The van der Waals surface area contributed by atoms with Gasteiger partial charge in [-0.25, -0.2) is 18.1 Å². The lowest BCUT2D eigenvalue weighted by Gasteiger charge is -2.21. The van der Waals surface area contributed by atoms with E-state index in [9.17, 15) is 23.1 Å². The molecule has 3 aromatic carbocycles. The van der Waals surface area contributed by atoms with Gasteiger partial charge in [0.2, 0.25) is 15.9 Å². The number of hydrogen-bond acceptors (Lipinski definition) is 7. The van der Waals surface area contributed by atoms with Gasteiger partial charge in [-0.3, -0.25) is 9.59 Å². The van der Waals surface area contributed by atoms with Gasteiger partial charge in [0.25, 0.3) is 5.56 Å². The maximum absolute atomic E-state index is 13.9. The number of nitrogens with one attached hydrogen (secondary N) is 3. The van der Waals surface area contributed by atoms with Crippen molar-refractivity contribution in [2.75, 3.05) is 11.9 Å². The lowest BCUT2D eigenvalue weighted by atomic mass is 9.85. The number of anilines is 1. The van der Waals surface area contributed by atoms with Crippen molar-refractivity contribution in [3.05, 3.63) is 116 Å². The maximum Gasteiger partial charge on any atom is 0.259 e. The molecule has 1 unspecified atom stereocenters. The first-order valence-electron chi connectivity index (χ1n) is 13.9. The molecule has 45 heavy (non-hydrogen) atoms. The number of carbonyl (C=O) groups excluding carboxylic acids is 1. The largest absolute Gasteiger partial charge is 0.505 e. The number of pyridine rings is 1. The predicted molar refractivity (Wildman–Crippen MR) is 180 cm³/mol. The summed E-state index contributed by atoms with van der Waals surface area (Å²) in [5.41, 5.74) is 5.26. The Morgan fingerprint density at radius 2 is 1.87 bits per heavy atom. The highest BCUT2D eigenvalue weighted by Gasteiger charge is 2.31. The van der Waals surface area contributed by atoms with Crippen LogP contribution in [-0.4, -0.2) is 40.5 Å². The number of amides is 1. The minimum Gasteiger partial charge on any atom is -0.505 e. The maximum atomic E-state index is 13.9. The van der Waals surface area contributed by atoms with Crippen LogP contribution < -0.4 is 15.6 Å². The first-order valence-corrected chi connectivity index (χ1v) is 17.1. The lowest BCUT2D eigenvalue weighted by Crippen LogP contribution is -2.27. The van der Waals surface area contributed by atoms with Crippen LogP contribution in [0.3, 0.4) is 0 Å². The molecule has 13 heteroatoms. The van der Waals surface area contributed by atoms with Crippen molar-refractivity contribution in [1.29, 1.82) is 0 Å².